The second kappa shape index (κ2) is 5.76. The first-order valence-electron chi connectivity index (χ1n) is 6.52. The number of halogens is 1. The predicted octanol–water partition coefficient (Wildman–Crippen LogP) is 3.64. The Morgan fingerprint density at radius 1 is 1.32 bits per heavy atom. The fraction of sp³-hybridized carbons (Fsp3) is 0.400. The summed E-state index contributed by atoms with van der Waals surface area (Å²) in [5.41, 5.74) is 4.47. The molecule has 2 aromatic rings. The van der Waals surface area contributed by atoms with Crippen molar-refractivity contribution >= 4 is 11.6 Å². The number of aryl methyl sites for hydroxylation is 2. The largest absolute Gasteiger partial charge is 0.310 e. The van der Waals surface area contributed by atoms with Gasteiger partial charge in [0.05, 0.1) is 16.4 Å². The van der Waals surface area contributed by atoms with Crippen molar-refractivity contribution in [3.63, 3.8) is 0 Å². The highest BCUT2D eigenvalue weighted by molar-refractivity contribution is 6.31. The van der Waals surface area contributed by atoms with Crippen molar-refractivity contribution in [2.75, 3.05) is 0 Å². The molecule has 0 saturated heterocycles. The lowest BCUT2D eigenvalue weighted by atomic mass is 10.1. The van der Waals surface area contributed by atoms with Gasteiger partial charge >= 0.3 is 0 Å². The van der Waals surface area contributed by atoms with E-state index < -0.39 is 0 Å². The molecule has 0 atom stereocenters. The molecule has 1 N–H and O–H groups in total. The van der Waals surface area contributed by atoms with Crippen LogP contribution in [0.5, 0.6) is 0 Å². The highest BCUT2D eigenvalue weighted by atomic mass is 35.5. The molecule has 1 aromatic carbocycles. The van der Waals surface area contributed by atoms with E-state index in [4.69, 9.17) is 11.6 Å². The van der Waals surface area contributed by atoms with E-state index in [1.54, 1.807) is 0 Å². The molecule has 4 heteroatoms. The minimum Gasteiger partial charge on any atom is -0.310 e. The molecule has 19 heavy (non-hydrogen) atoms. The Morgan fingerprint density at radius 2 is 2.05 bits per heavy atom. The molecule has 102 valence electrons. The van der Waals surface area contributed by atoms with Crippen LogP contribution in [0.15, 0.2) is 24.4 Å². The third-order valence-electron chi connectivity index (χ3n) is 3.13. The van der Waals surface area contributed by atoms with Crippen LogP contribution in [0.1, 0.15) is 30.7 Å². The summed E-state index contributed by atoms with van der Waals surface area (Å²) in [5.74, 6) is 0. The molecular formula is C15H20ClN3. The third kappa shape index (κ3) is 3.37. The average Bonchev–Trinajstić information content (AvgIpc) is 2.68. The van der Waals surface area contributed by atoms with Crippen molar-refractivity contribution < 1.29 is 0 Å². The van der Waals surface area contributed by atoms with E-state index in [-0.39, 0.29) is 0 Å². The highest BCUT2D eigenvalue weighted by Gasteiger charge is 2.06. The second-order valence-corrected chi connectivity index (χ2v) is 5.56. The lowest BCUT2D eigenvalue weighted by molar-refractivity contribution is 0.587. The molecule has 0 aliphatic heterocycles. The summed E-state index contributed by atoms with van der Waals surface area (Å²) in [7, 11) is 0. The van der Waals surface area contributed by atoms with Gasteiger partial charge in [-0.05, 0) is 37.1 Å². The van der Waals surface area contributed by atoms with Gasteiger partial charge < -0.3 is 5.32 Å². The highest BCUT2D eigenvalue weighted by Crippen LogP contribution is 2.18. The Labute approximate surface area is 119 Å². The normalized spacial score (nSPS) is 11.3. The maximum Gasteiger partial charge on any atom is 0.0819 e. The van der Waals surface area contributed by atoms with Crippen LogP contribution >= 0.6 is 11.6 Å². The number of hydrogen-bond donors (Lipinski definition) is 1. The number of rotatable bonds is 4. The van der Waals surface area contributed by atoms with Gasteiger partial charge in [-0.25, -0.2) is 4.68 Å². The number of benzene rings is 1. The van der Waals surface area contributed by atoms with Crippen molar-refractivity contribution in [2.24, 2.45) is 0 Å². The van der Waals surface area contributed by atoms with E-state index in [1.165, 1.54) is 11.1 Å². The first kappa shape index (κ1) is 14.1. The molecule has 0 fully saturated rings. The first-order valence-corrected chi connectivity index (χ1v) is 6.90. The summed E-state index contributed by atoms with van der Waals surface area (Å²) in [4.78, 5) is 0. The molecule has 0 aliphatic rings. The van der Waals surface area contributed by atoms with Gasteiger partial charge in [0.15, 0.2) is 0 Å². The maximum atomic E-state index is 6.04. The molecule has 0 radical (unpaired) electrons. The number of hydrogen-bond acceptors (Lipinski definition) is 2. The average molecular weight is 278 g/mol. The van der Waals surface area contributed by atoms with Crippen LogP contribution in [-0.2, 0) is 6.54 Å². The molecular weight excluding hydrogens is 258 g/mol. The van der Waals surface area contributed by atoms with Crippen molar-refractivity contribution in [3.05, 3.63) is 46.2 Å². The van der Waals surface area contributed by atoms with Gasteiger partial charge in [0.25, 0.3) is 0 Å². The minimum absolute atomic E-state index is 0.492. The Morgan fingerprint density at radius 3 is 2.58 bits per heavy atom. The first-order chi connectivity index (χ1) is 8.97. The summed E-state index contributed by atoms with van der Waals surface area (Å²) in [6.45, 7) is 9.23. The van der Waals surface area contributed by atoms with Crippen LogP contribution in [0.2, 0.25) is 5.02 Å². The summed E-state index contributed by atoms with van der Waals surface area (Å²) in [6.07, 6.45) is 1.84. The van der Waals surface area contributed by atoms with E-state index in [1.807, 2.05) is 17.8 Å². The van der Waals surface area contributed by atoms with E-state index in [9.17, 15) is 0 Å². The number of nitrogens with one attached hydrogen (secondary N) is 1. The molecule has 0 bridgehead atoms. The zero-order valence-electron chi connectivity index (χ0n) is 11.9. The summed E-state index contributed by atoms with van der Waals surface area (Å²) < 4.78 is 1.82. The van der Waals surface area contributed by atoms with Gasteiger partial charge in [0, 0.05) is 18.8 Å². The molecule has 2 rings (SSSR count). The number of aromatic nitrogens is 2. The van der Waals surface area contributed by atoms with Crippen molar-refractivity contribution in [1.82, 2.24) is 15.1 Å². The maximum absolute atomic E-state index is 6.04. The van der Waals surface area contributed by atoms with Crippen molar-refractivity contribution in [1.29, 1.82) is 0 Å². The minimum atomic E-state index is 0.492. The molecule has 3 nitrogen and oxygen atoms in total. The van der Waals surface area contributed by atoms with Crippen LogP contribution < -0.4 is 5.32 Å². The molecule has 0 saturated carbocycles. The molecule has 0 amide bonds. The smallest absolute Gasteiger partial charge is 0.0819 e. The van der Waals surface area contributed by atoms with Crippen molar-refractivity contribution in [2.45, 2.75) is 40.3 Å². The van der Waals surface area contributed by atoms with Gasteiger partial charge in [-0.15, -0.1) is 0 Å². The Bertz CT molecular complexity index is 553. The van der Waals surface area contributed by atoms with Crippen LogP contribution in [0, 0.1) is 13.8 Å². The van der Waals surface area contributed by atoms with Crippen LogP contribution in [0.25, 0.3) is 5.69 Å². The Kier molecular flexibility index (Phi) is 4.27. The quantitative estimate of drug-likeness (QED) is 0.925. The summed E-state index contributed by atoms with van der Waals surface area (Å²) >= 11 is 6.04. The fourth-order valence-electron chi connectivity index (χ4n) is 1.91. The Hall–Kier alpha value is -1.32. The molecule has 1 heterocycles. The number of nitrogens with zero attached hydrogens (tertiary/aromatic N) is 2. The van der Waals surface area contributed by atoms with Gasteiger partial charge in [-0.1, -0.05) is 31.5 Å². The SMILES string of the molecule is Cc1cc(-n2cc(Cl)c(C)n2)ccc1CNC(C)C. The zero-order valence-corrected chi connectivity index (χ0v) is 12.6. The van der Waals surface area contributed by atoms with E-state index in [2.05, 4.69) is 49.4 Å². The van der Waals surface area contributed by atoms with Gasteiger partial charge in [-0.3, -0.25) is 0 Å². The third-order valence-corrected chi connectivity index (χ3v) is 3.50. The van der Waals surface area contributed by atoms with E-state index >= 15 is 0 Å². The van der Waals surface area contributed by atoms with E-state index in [0.717, 1.165) is 17.9 Å². The molecule has 1 aromatic heterocycles. The summed E-state index contributed by atoms with van der Waals surface area (Å²) in [6, 6.07) is 6.85. The standard InChI is InChI=1S/C15H20ClN3/c1-10(2)17-8-13-5-6-14(7-11(13)3)19-9-15(16)12(4)18-19/h5-7,9-10,17H,8H2,1-4H3. The van der Waals surface area contributed by atoms with Crippen LogP contribution in [0.3, 0.4) is 0 Å². The lowest BCUT2D eigenvalue weighted by Crippen LogP contribution is -2.22. The zero-order chi connectivity index (χ0) is 14.0. The van der Waals surface area contributed by atoms with Crippen LogP contribution in [0.4, 0.5) is 0 Å². The predicted molar refractivity (Wildman–Crippen MR) is 80.0 cm³/mol. The molecule has 0 unspecified atom stereocenters. The van der Waals surface area contributed by atoms with Gasteiger partial charge in [0.2, 0.25) is 0 Å². The fourth-order valence-corrected chi connectivity index (χ4v) is 2.04. The van der Waals surface area contributed by atoms with Gasteiger partial charge in [-0.2, -0.15) is 5.10 Å². The lowest BCUT2D eigenvalue weighted by Gasteiger charge is -2.12. The monoisotopic (exact) mass is 277 g/mol. The molecule has 0 spiro atoms. The van der Waals surface area contributed by atoms with Gasteiger partial charge in [0.1, 0.15) is 0 Å². The Balaban J connectivity index is 2.23. The second-order valence-electron chi connectivity index (χ2n) is 5.15. The molecule has 0 aliphatic carbocycles. The van der Waals surface area contributed by atoms with E-state index in [0.29, 0.717) is 11.1 Å². The topological polar surface area (TPSA) is 29.9 Å². The van der Waals surface area contributed by atoms with Crippen molar-refractivity contribution in [3.8, 4) is 5.69 Å². The summed E-state index contributed by atoms with van der Waals surface area (Å²) in [5, 5.41) is 8.52. The van der Waals surface area contributed by atoms with Crippen LogP contribution in [-0.4, -0.2) is 15.8 Å².